The van der Waals surface area contributed by atoms with Crippen LogP contribution >= 0.6 is 11.6 Å². The van der Waals surface area contributed by atoms with Crippen molar-refractivity contribution in [3.63, 3.8) is 0 Å². The number of benzene rings is 3. The normalized spacial score (nSPS) is 10.2. The van der Waals surface area contributed by atoms with Gasteiger partial charge >= 0.3 is 5.97 Å². The molecule has 140 valence electrons. The maximum atomic E-state index is 12.9. The van der Waals surface area contributed by atoms with E-state index in [1.54, 1.807) is 48.5 Å². The minimum Gasteiger partial charge on any atom is -0.426 e. The summed E-state index contributed by atoms with van der Waals surface area (Å²) in [4.78, 5) is 36.9. The molecule has 0 saturated heterocycles. The molecule has 28 heavy (non-hydrogen) atoms. The van der Waals surface area contributed by atoms with E-state index in [9.17, 15) is 14.4 Å². The van der Waals surface area contributed by atoms with Crippen LogP contribution < -0.4 is 10.1 Å². The number of halogens is 1. The summed E-state index contributed by atoms with van der Waals surface area (Å²) < 4.78 is 5.08. The van der Waals surface area contributed by atoms with Crippen LogP contribution in [0.15, 0.2) is 72.8 Å². The summed E-state index contributed by atoms with van der Waals surface area (Å²) in [7, 11) is 0. The predicted octanol–water partition coefficient (Wildman–Crippen LogP) is 4.75. The summed E-state index contributed by atoms with van der Waals surface area (Å²) in [5.74, 6) is -1.18. The van der Waals surface area contributed by atoms with Gasteiger partial charge in [0, 0.05) is 23.1 Å². The van der Waals surface area contributed by atoms with Gasteiger partial charge in [-0.05, 0) is 30.3 Å². The van der Waals surface area contributed by atoms with Gasteiger partial charge in [-0.25, -0.2) is 0 Å². The number of hydrogen-bond donors (Lipinski definition) is 1. The van der Waals surface area contributed by atoms with Gasteiger partial charge in [0.15, 0.2) is 5.78 Å². The number of amides is 1. The van der Waals surface area contributed by atoms with Gasteiger partial charge in [0.25, 0.3) is 5.91 Å². The first-order valence-corrected chi connectivity index (χ1v) is 8.81. The van der Waals surface area contributed by atoms with Crippen molar-refractivity contribution in [1.82, 2.24) is 0 Å². The number of esters is 1. The highest BCUT2D eigenvalue weighted by atomic mass is 35.5. The van der Waals surface area contributed by atoms with Gasteiger partial charge in [-0.3, -0.25) is 14.4 Å². The van der Waals surface area contributed by atoms with Crippen molar-refractivity contribution < 1.29 is 19.1 Å². The maximum absolute atomic E-state index is 12.9. The largest absolute Gasteiger partial charge is 0.426 e. The van der Waals surface area contributed by atoms with Gasteiger partial charge in [-0.1, -0.05) is 54.1 Å². The van der Waals surface area contributed by atoms with Gasteiger partial charge in [0.1, 0.15) is 5.75 Å². The molecule has 1 amide bonds. The van der Waals surface area contributed by atoms with Crippen LogP contribution in [0.3, 0.4) is 0 Å². The van der Waals surface area contributed by atoms with Crippen LogP contribution in [0.2, 0.25) is 5.02 Å². The molecule has 0 bridgehead atoms. The van der Waals surface area contributed by atoms with Crippen molar-refractivity contribution in [3.8, 4) is 5.75 Å². The summed E-state index contributed by atoms with van der Waals surface area (Å²) in [5.41, 5.74) is 1.21. The Bertz CT molecular complexity index is 1050. The number of anilines is 1. The van der Waals surface area contributed by atoms with Crippen LogP contribution in [0.4, 0.5) is 5.69 Å². The predicted molar refractivity (Wildman–Crippen MR) is 107 cm³/mol. The van der Waals surface area contributed by atoms with Crippen molar-refractivity contribution in [3.05, 3.63) is 94.5 Å². The lowest BCUT2D eigenvalue weighted by molar-refractivity contribution is -0.131. The average molecular weight is 394 g/mol. The standard InChI is InChI=1S/C22H16ClNO4/c1-14(25)28-20-10-6-5-9-17(20)22(27)24-19-12-11-16(23)13-18(19)21(26)15-7-3-2-4-8-15/h2-13H,1H3,(H,24,27). The molecule has 0 aliphatic carbocycles. The number of ether oxygens (including phenoxy) is 1. The summed E-state index contributed by atoms with van der Waals surface area (Å²) in [6.45, 7) is 1.25. The number of nitrogens with one attached hydrogen (secondary N) is 1. The van der Waals surface area contributed by atoms with Crippen molar-refractivity contribution in [2.75, 3.05) is 5.32 Å². The fraction of sp³-hybridized carbons (Fsp3) is 0.0455. The molecule has 3 aromatic carbocycles. The lowest BCUT2D eigenvalue weighted by Crippen LogP contribution is -2.17. The molecule has 0 heterocycles. The summed E-state index contributed by atoms with van der Waals surface area (Å²) >= 11 is 6.06. The molecule has 0 aromatic heterocycles. The van der Waals surface area contributed by atoms with Crippen molar-refractivity contribution in [2.45, 2.75) is 6.92 Å². The van der Waals surface area contributed by atoms with Gasteiger partial charge < -0.3 is 10.1 Å². The van der Waals surface area contributed by atoms with E-state index in [4.69, 9.17) is 16.3 Å². The molecule has 0 aliphatic heterocycles. The van der Waals surface area contributed by atoms with E-state index in [0.717, 1.165) is 0 Å². The highest BCUT2D eigenvalue weighted by Gasteiger charge is 2.19. The summed E-state index contributed by atoms with van der Waals surface area (Å²) in [5, 5.41) is 3.08. The summed E-state index contributed by atoms with van der Waals surface area (Å²) in [6, 6.07) is 19.7. The van der Waals surface area contributed by atoms with Crippen LogP contribution in [0.25, 0.3) is 0 Å². The van der Waals surface area contributed by atoms with Gasteiger partial charge in [0.2, 0.25) is 0 Å². The third kappa shape index (κ3) is 4.45. The molecule has 6 heteroatoms. The number of carbonyl (C=O) groups is 3. The second-order valence-corrected chi connectivity index (χ2v) is 6.37. The molecule has 5 nitrogen and oxygen atoms in total. The highest BCUT2D eigenvalue weighted by molar-refractivity contribution is 6.31. The minimum absolute atomic E-state index is 0.136. The second-order valence-electron chi connectivity index (χ2n) is 5.93. The Morgan fingerprint density at radius 2 is 1.54 bits per heavy atom. The SMILES string of the molecule is CC(=O)Oc1ccccc1C(=O)Nc1ccc(Cl)cc1C(=O)c1ccccc1. The zero-order valence-electron chi connectivity index (χ0n) is 14.9. The van der Waals surface area contributed by atoms with E-state index in [0.29, 0.717) is 16.3 Å². The van der Waals surface area contributed by atoms with E-state index in [2.05, 4.69) is 5.32 Å². The topological polar surface area (TPSA) is 72.5 Å². The Morgan fingerprint density at radius 1 is 0.857 bits per heavy atom. The van der Waals surface area contributed by atoms with Crippen LogP contribution in [0, 0.1) is 0 Å². The number of para-hydroxylation sites is 1. The first kappa shape index (κ1) is 19.3. The molecule has 0 atom stereocenters. The maximum Gasteiger partial charge on any atom is 0.308 e. The first-order chi connectivity index (χ1) is 13.5. The molecule has 0 unspecified atom stereocenters. The number of hydrogen-bond acceptors (Lipinski definition) is 4. The third-order valence-corrected chi connectivity index (χ3v) is 4.13. The monoisotopic (exact) mass is 393 g/mol. The van der Waals surface area contributed by atoms with Gasteiger partial charge in [-0.15, -0.1) is 0 Å². The third-order valence-electron chi connectivity index (χ3n) is 3.90. The zero-order chi connectivity index (χ0) is 20.1. The van der Waals surface area contributed by atoms with Crippen molar-refractivity contribution in [1.29, 1.82) is 0 Å². The molecule has 3 rings (SSSR count). The Morgan fingerprint density at radius 3 is 2.25 bits per heavy atom. The van der Waals surface area contributed by atoms with E-state index >= 15 is 0 Å². The van der Waals surface area contributed by atoms with E-state index in [-0.39, 0.29) is 22.7 Å². The Balaban J connectivity index is 1.95. The second kappa shape index (κ2) is 8.50. The summed E-state index contributed by atoms with van der Waals surface area (Å²) in [6.07, 6.45) is 0. The van der Waals surface area contributed by atoms with Crippen LogP contribution in [-0.4, -0.2) is 17.7 Å². The molecule has 0 fully saturated rings. The molecular formula is C22H16ClNO4. The quantitative estimate of drug-likeness (QED) is 0.385. The molecular weight excluding hydrogens is 378 g/mol. The molecule has 0 radical (unpaired) electrons. The molecule has 3 aromatic rings. The highest BCUT2D eigenvalue weighted by Crippen LogP contribution is 2.26. The fourth-order valence-electron chi connectivity index (χ4n) is 2.65. The number of carbonyl (C=O) groups excluding carboxylic acids is 3. The lowest BCUT2D eigenvalue weighted by atomic mass is 10.0. The van der Waals surface area contributed by atoms with Crippen molar-refractivity contribution >= 4 is 34.9 Å². The zero-order valence-corrected chi connectivity index (χ0v) is 15.7. The number of ketones is 1. The van der Waals surface area contributed by atoms with Gasteiger partial charge in [-0.2, -0.15) is 0 Å². The van der Waals surface area contributed by atoms with Crippen LogP contribution in [0.5, 0.6) is 5.75 Å². The molecule has 1 N–H and O–H groups in total. The lowest BCUT2D eigenvalue weighted by Gasteiger charge is -2.13. The Labute approximate surface area is 166 Å². The van der Waals surface area contributed by atoms with E-state index < -0.39 is 11.9 Å². The van der Waals surface area contributed by atoms with Crippen molar-refractivity contribution in [2.24, 2.45) is 0 Å². The smallest absolute Gasteiger partial charge is 0.308 e. The van der Waals surface area contributed by atoms with Gasteiger partial charge in [0.05, 0.1) is 11.3 Å². The Kier molecular flexibility index (Phi) is 5.87. The number of rotatable bonds is 5. The average Bonchev–Trinajstić information content (AvgIpc) is 2.69. The molecule has 0 saturated carbocycles. The van der Waals surface area contributed by atoms with Crippen LogP contribution in [-0.2, 0) is 4.79 Å². The molecule has 0 spiro atoms. The van der Waals surface area contributed by atoms with E-state index in [1.807, 2.05) is 6.07 Å². The van der Waals surface area contributed by atoms with Crippen LogP contribution in [0.1, 0.15) is 33.2 Å². The first-order valence-electron chi connectivity index (χ1n) is 8.44. The van der Waals surface area contributed by atoms with E-state index in [1.165, 1.54) is 25.1 Å². The Hall–Kier alpha value is -3.44. The minimum atomic E-state index is -0.535. The molecule has 0 aliphatic rings. The fourth-order valence-corrected chi connectivity index (χ4v) is 2.82.